The summed E-state index contributed by atoms with van der Waals surface area (Å²) in [4.78, 5) is 12.8. The molecule has 0 N–H and O–H groups in total. The summed E-state index contributed by atoms with van der Waals surface area (Å²) in [5, 5.41) is 1.04. The average Bonchev–Trinajstić information content (AvgIpc) is 2.96. The number of carbonyl (C=O) groups is 1. The Hall–Kier alpha value is -2.20. The van der Waals surface area contributed by atoms with Crippen LogP contribution in [0.3, 0.4) is 0 Å². The quantitative estimate of drug-likeness (QED) is 0.344. The Morgan fingerprint density at radius 3 is 2.04 bits per heavy atom. The molecule has 1 spiro atoms. The summed E-state index contributed by atoms with van der Waals surface area (Å²) in [6, 6.07) is 16.1. The molecule has 0 saturated carbocycles. The third-order valence-corrected chi connectivity index (χ3v) is 5.72. The third kappa shape index (κ3) is 2.32. The first kappa shape index (κ1) is 16.9. The van der Waals surface area contributed by atoms with Gasteiger partial charge in [-0.3, -0.25) is 0 Å². The molecule has 0 radical (unpaired) electrons. The topological polar surface area (TPSA) is 35.5 Å². The molecule has 0 atom stereocenters. The second kappa shape index (κ2) is 5.90. The maximum atomic E-state index is 12.8. The van der Waals surface area contributed by atoms with E-state index < -0.39 is 11.6 Å². The first-order valence-electron chi connectivity index (χ1n) is 8.23. The lowest BCUT2D eigenvalue weighted by molar-refractivity contribution is 0.0224. The van der Waals surface area contributed by atoms with E-state index in [0.29, 0.717) is 44.1 Å². The number of esters is 1. The monoisotopic (exact) mass is 416 g/mol. The number of alkyl halides is 1. The van der Waals surface area contributed by atoms with E-state index in [0.717, 1.165) is 11.1 Å². The molecule has 27 heavy (non-hydrogen) atoms. The third-order valence-electron chi connectivity index (χ3n) is 4.95. The van der Waals surface area contributed by atoms with E-state index >= 15 is 0 Å². The summed E-state index contributed by atoms with van der Waals surface area (Å²) in [6.07, 6.45) is 0. The minimum absolute atomic E-state index is 0.307. The molecular formula is C21H11Cl3O3. The van der Waals surface area contributed by atoms with E-state index in [4.69, 9.17) is 44.3 Å². The van der Waals surface area contributed by atoms with Crippen molar-refractivity contribution in [2.24, 2.45) is 0 Å². The van der Waals surface area contributed by atoms with Gasteiger partial charge in [0.2, 0.25) is 0 Å². The molecule has 2 aliphatic heterocycles. The number of halogens is 3. The molecule has 0 unspecified atom stereocenters. The summed E-state index contributed by atoms with van der Waals surface area (Å²) < 4.78 is 12.1. The van der Waals surface area contributed by atoms with Crippen LogP contribution in [0.1, 0.15) is 32.6 Å². The predicted octanol–water partition coefficient (Wildman–Crippen LogP) is 6.30. The molecule has 5 rings (SSSR count). The minimum Gasteiger partial charge on any atom is -0.456 e. The number of hydrogen-bond acceptors (Lipinski definition) is 3. The second-order valence-corrected chi connectivity index (χ2v) is 7.61. The van der Waals surface area contributed by atoms with Crippen molar-refractivity contribution in [1.29, 1.82) is 0 Å². The normalized spacial score (nSPS) is 15.6. The first-order chi connectivity index (χ1) is 13.0. The molecule has 0 amide bonds. The summed E-state index contributed by atoms with van der Waals surface area (Å²) in [6.45, 7) is 0. The SMILES string of the molecule is O=C1OC2(c3cc(Cl)ccc3Oc3ccc(Cl)cc32)c2ccc(CCl)cc21. The Balaban J connectivity index is 1.89. The van der Waals surface area contributed by atoms with Gasteiger partial charge in [0.15, 0.2) is 5.60 Å². The molecule has 6 heteroatoms. The molecule has 0 aliphatic carbocycles. The second-order valence-electron chi connectivity index (χ2n) is 6.47. The predicted molar refractivity (Wildman–Crippen MR) is 104 cm³/mol. The van der Waals surface area contributed by atoms with E-state index in [-0.39, 0.29) is 0 Å². The fourth-order valence-corrected chi connectivity index (χ4v) is 4.31. The van der Waals surface area contributed by atoms with Crippen LogP contribution in [-0.4, -0.2) is 5.97 Å². The van der Waals surface area contributed by atoms with Crippen LogP contribution in [0, 0.1) is 0 Å². The Labute approximate surface area is 170 Å². The number of fused-ring (bicyclic) bond motifs is 6. The fourth-order valence-electron chi connectivity index (χ4n) is 3.80. The van der Waals surface area contributed by atoms with Crippen molar-refractivity contribution in [1.82, 2.24) is 0 Å². The standard InChI is InChI=1S/C21H11Cl3O3/c22-10-11-1-4-15-14(7-11)20(25)27-21(15)16-8-12(23)2-5-18(16)26-19-6-3-13(24)9-17(19)21/h1-9H,10H2. The van der Waals surface area contributed by atoms with Gasteiger partial charge in [0.05, 0.1) is 5.56 Å². The highest BCUT2D eigenvalue weighted by Gasteiger charge is 2.53. The van der Waals surface area contributed by atoms with Gasteiger partial charge in [-0.1, -0.05) is 35.3 Å². The maximum Gasteiger partial charge on any atom is 0.340 e. The van der Waals surface area contributed by atoms with Crippen molar-refractivity contribution in [3.05, 3.63) is 92.5 Å². The summed E-state index contributed by atoms with van der Waals surface area (Å²) in [5.74, 6) is 1.05. The van der Waals surface area contributed by atoms with Crippen LogP contribution < -0.4 is 4.74 Å². The molecule has 0 fully saturated rings. The van der Waals surface area contributed by atoms with Gasteiger partial charge in [-0.25, -0.2) is 4.79 Å². The van der Waals surface area contributed by atoms with Crippen molar-refractivity contribution >= 4 is 40.8 Å². The molecule has 0 aromatic heterocycles. The number of carbonyl (C=O) groups excluding carboxylic acids is 1. The van der Waals surface area contributed by atoms with E-state index in [9.17, 15) is 4.79 Å². The zero-order chi connectivity index (χ0) is 18.8. The number of ether oxygens (including phenoxy) is 2. The van der Waals surface area contributed by atoms with Crippen LogP contribution in [0.5, 0.6) is 11.5 Å². The van der Waals surface area contributed by atoms with E-state index in [1.807, 2.05) is 12.1 Å². The van der Waals surface area contributed by atoms with E-state index in [1.165, 1.54) is 0 Å². The fraction of sp³-hybridized carbons (Fsp3) is 0.0952. The number of hydrogen-bond donors (Lipinski definition) is 0. The lowest BCUT2D eigenvalue weighted by Crippen LogP contribution is -2.33. The molecule has 3 aromatic rings. The minimum atomic E-state index is -1.17. The Morgan fingerprint density at radius 1 is 0.815 bits per heavy atom. The lowest BCUT2D eigenvalue weighted by Gasteiger charge is -2.36. The molecule has 3 nitrogen and oxygen atoms in total. The van der Waals surface area contributed by atoms with Gasteiger partial charge in [0, 0.05) is 32.6 Å². The molecular weight excluding hydrogens is 407 g/mol. The Morgan fingerprint density at radius 2 is 1.44 bits per heavy atom. The number of benzene rings is 3. The molecule has 0 saturated heterocycles. The molecule has 134 valence electrons. The molecule has 2 heterocycles. The van der Waals surface area contributed by atoms with Gasteiger partial charge in [0.1, 0.15) is 11.5 Å². The van der Waals surface area contributed by atoms with Crippen molar-refractivity contribution < 1.29 is 14.3 Å². The first-order valence-corrected chi connectivity index (χ1v) is 9.52. The van der Waals surface area contributed by atoms with Gasteiger partial charge >= 0.3 is 5.97 Å². The molecule has 2 aliphatic rings. The maximum absolute atomic E-state index is 12.8. The van der Waals surface area contributed by atoms with Crippen LogP contribution in [0.2, 0.25) is 10.0 Å². The van der Waals surface area contributed by atoms with Crippen LogP contribution in [0.15, 0.2) is 54.6 Å². The number of rotatable bonds is 1. The van der Waals surface area contributed by atoms with Crippen molar-refractivity contribution in [3.63, 3.8) is 0 Å². The lowest BCUT2D eigenvalue weighted by atomic mass is 9.77. The molecule has 0 bridgehead atoms. The highest BCUT2D eigenvalue weighted by molar-refractivity contribution is 6.31. The van der Waals surface area contributed by atoms with Gasteiger partial charge < -0.3 is 9.47 Å². The Kier molecular flexibility index (Phi) is 3.70. The highest BCUT2D eigenvalue weighted by Crippen LogP contribution is 2.56. The van der Waals surface area contributed by atoms with Crippen LogP contribution in [-0.2, 0) is 16.2 Å². The summed E-state index contributed by atoms with van der Waals surface area (Å²) in [5.41, 5.74) is 2.19. The Bertz CT molecular complexity index is 1070. The van der Waals surface area contributed by atoms with E-state index in [1.54, 1.807) is 42.5 Å². The van der Waals surface area contributed by atoms with Gasteiger partial charge in [-0.15, -0.1) is 11.6 Å². The zero-order valence-corrected chi connectivity index (χ0v) is 16.0. The smallest absolute Gasteiger partial charge is 0.340 e. The van der Waals surface area contributed by atoms with Crippen molar-refractivity contribution in [3.8, 4) is 11.5 Å². The van der Waals surface area contributed by atoms with Crippen molar-refractivity contribution in [2.75, 3.05) is 0 Å². The van der Waals surface area contributed by atoms with Crippen LogP contribution in [0.4, 0.5) is 0 Å². The zero-order valence-electron chi connectivity index (χ0n) is 13.8. The van der Waals surface area contributed by atoms with Gasteiger partial charge in [-0.2, -0.15) is 0 Å². The van der Waals surface area contributed by atoms with Crippen molar-refractivity contribution in [2.45, 2.75) is 11.5 Å². The van der Waals surface area contributed by atoms with Crippen LogP contribution in [0.25, 0.3) is 0 Å². The van der Waals surface area contributed by atoms with Gasteiger partial charge in [-0.05, 0) is 48.0 Å². The summed E-state index contributed by atoms with van der Waals surface area (Å²) >= 11 is 18.5. The summed E-state index contributed by atoms with van der Waals surface area (Å²) in [7, 11) is 0. The average molecular weight is 418 g/mol. The molecule has 3 aromatic carbocycles. The largest absolute Gasteiger partial charge is 0.456 e. The highest BCUT2D eigenvalue weighted by atomic mass is 35.5. The van der Waals surface area contributed by atoms with Crippen LogP contribution >= 0.6 is 34.8 Å². The van der Waals surface area contributed by atoms with Gasteiger partial charge in [0.25, 0.3) is 0 Å². The van der Waals surface area contributed by atoms with E-state index in [2.05, 4.69) is 0 Å².